The molecule has 1 saturated carbocycles. The maximum Gasteiger partial charge on any atom is 0.268 e. The molecule has 3 aromatic carbocycles. The van der Waals surface area contributed by atoms with Gasteiger partial charge in [-0.1, -0.05) is 36.4 Å². The van der Waals surface area contributed by atoms with Gasteiger partial charge in [-0.15, -0.1) is 0 Å². The predicted octanol–water partition coefficient (Wildman–Crippen LogP) is 3.91. The van der Waals surface area contributed by atoms with E-state index in [1.165, 1.54) is 0 Å². The summed E-state index contributed by atoms with van der Waals surface area (Å²) in [7, 11) is 0. The van der Waals surface area contributed by atoms with Crippen molar-refractivity contribution in [2.75, 3.05) is 19.7 Å². The molecule has 0 unspecified atom stereocenters. The average Bonchev–Trinajstić information content (AvgIpc) is 3.29. The lowest BCUT2D eigenvalue weighted by Gasteiger charge is -2.34. The molecule has 6 nitrogen and oxygen atoms in total. The van der Waals surface area contributed by atoms with Crippen LogP contribution in [0.2, 0.25) is 0 Å². The molecule has 2 aliphatic heterocycles. The molecule has 6 heteroatoms. The summed E-state index contributed by atoms with van der Waals surface area (Å²) in [5.41, 5.74) is 3.65. The minimum absolute atomic E-state index is 0.0930. The maximum atomic E-state index is 12.8. The van der Waals surface area contributed by atoms with Crippen LogP contribution in [-0.4, -0.2) is 41.7 Å². The molecule has 0 bridgehead atoms. The summed E-state index contributed by atoms with van der Waals surface area (Å²) in [6.45, 7) is 4.17. The molecule has 180 valence electrons. The van der Waals surface area contributed by atoms with E-state index in [0.717, 1.165) is 67.4 Å². The summed E-state index contributed by atoms with van der Waals surface area (Å²) in [5, 5.41) is 10.3. The van der Waals surface area contributed by atoms with Crippen LogP contribution in [0.25, 0.3) is 22.3 Å². The van der Waals surface area contributed by atoms with Crippen molar-refractivity contribution in [1.29, 1.82) is 0 Å². The van der Waals surface area contributed by atoms with Gasteiger partial charge in [-0.25, -0.2) is 0 Å². The zero-order valence-corrected chi connectivity index (χ0v) is 19.9. The Morgan fingerprint density at radius 3 is 2.46 bits per heavy atom. The number of aryl methyl sites for hydroxylation is 1. The van der Waals surface area contributed by atoms with E-state index in [1.54, 1.807) is 0 Å². The summed E-state index contributed by atoms with van der Waals surface area (Å²) in [6, 6.07) is 14.0. The molecule has 2 atom stereocenters. The van der Waals surface area contributed by atoms with E-state index < -0.39 is 16.6 Å². The smallest absolute Gasteiger partial charge is 0.268 e. The Hall–Kier alpha value is -3.25. The molecule has 1 amide bonds. The highest BCUT2D eigenvalue weighted by Gasteiger charge is 2.56. The standard InChI is InChI=1S/C29H29NO5/c1-17-14-20(22-16-29(22)9-11-30(12-10-29)28(34)23-8-5-13-35-23)21(24-25(31)27(33)26(24)32)15-19(17)18-6-3-2-4-7-18/h2-4,6-7,14-15,22-23,31H,5,8-13,16H2,1H3/t22-,23-/m1/s1. The number of aromatic hydroxyl groups is 1. The van der Waals surface area contributed by atoms with Crippen LogP contribution in [0.4, 0.5) is 0 Å². The number of carbonyl (C=O) groups is 1. The Kier molecular flexibility index (Phi) is 5.18. The summed E-state index contributed by atoms with van der Waals surface area (Å²) < 4.78 is 5.60. The molecule has 3 aliphatic rings. The molecule has 6 rings (SSSR count). The Bertz CT molecular complexity index is 1370. The Labute approximate surface area is 203 Å². The molecular formula is C29H29NO5. The van der Waals surface area contributed by atoms with Gasteiger partial charge in [0.15, 0.2) is 5.75 Å². The van der Waals surface area contributed by atoms with Gasteiger partial charge in [0.25, 0.3) is 11.3 Å². The Balaban J connectivity index is 1.32. The van der Waals surface area contributed by atoms with Crippen molar-refractivity contribution in [3.8, 4) is 28.0 Å². The molecular weight excluding hydrogens is 442 g/mol. The number of likely N-dealkylation sites (tertiary alicyclic amines) is 1. The number of rotatable bonds is 4. The van der Waals surface area contributed by atoms with Gasteiger partial charge in [0, 0.05) is 19.7 Å². The van der Waals surface area contributed by atoms with Gasteiger partial charge in [0.05, 0.1) is 5.56 Å². The molecule has 3 aromatic rings. The summed E-state index contributed by atoms with van der Waals surface area (Å²) in [5.74, 6) is -0.0671. The first-order valence-corrected chi connectivity index (χ1v) is 12.5. The van der Waals surface area contributed by atoms with Crippen molar-refractivity contribution in [2.24, 2.45) is 5.41 Å². The monoisotopic (exact) mass is 471 g/mol. The van der Waals surface area contributed by atoms with Crippen LogP contribution in [0.3, 0.4) is 0 Å². The molecule has 2 heterocycles. The van der Waals surface area contributed by atoms with E-state index in [2.05, 4.69) is 13.0 Å². The fraction of sp³-hybridized carbons (Fsp3) is 0.414. The predicted molar refractivity (Wildman–Crippen MR) is 133 cm³/mol. The molecule has 0 radical (unpaired) electrons. The third-order valence-corrected chi connectivity index (χ3v) is 8.48. The van der Waals surface area contributed by atoms with Gasteiger partial charge in [0.2, 0.25) is 5.43 Å². The molecule has 35 heavy (non-hydrogen) atoms. The van der Waals surface area contributed by atoms with Crippen LogP contribution < -0.4 is 10.9 Å². The lowest BCUT2D eigenvalue weighted by molar-refractivity contribution is -0.142. The highest BCUT2D eigenvalue weighted by Crippen LogP contribution is 2.66. The average molecular weight is 472 g/mol. The molecule has 2 saturated heterocycles. The third-order valence-electron chi connectivity index (χ3n) is 8.48. The largest absolute Gasteiger partial charge is 0.503 e. The van der Waals surface area contributed by atoms with E-state index >= 15 is 0 Å². The van der Waals surface area contributed by atoms with Gasteiger partial charge >= 0.3 is 0 Å². The topological polar surface area (TPSA) is 83.9 Å². The summed E-state index contributed by atoms with van der Waals surface area (Å²) >= 11 is 0. The number of nitrogens with zero attached hydrogens (tertiary/aromatic N) is 1. The summed E-state index contributed by atoms with van der Waals surface area (Å²) in [4.78, 5) is 39.1. The van der Waals surface area contributed by atoms with Gasteiger partial charge in [0.1, 0.15) is 6.10 Å². The number of hydrogen-bond donors (Lipinski definition) is 1. The fourth-order valence-electron chi connectivity index (χ4n) is 6.28. The Morgan fingerprint density at radius 2 is 1.80 bits per heavy atom. The Morgan fingerprint density at radius 1 is 1.06 bits per heavy atom. The van der Waals surface area contributed by atoms with Crippen molar-refractivity contribution < 1.29 is 14.6 Å². The molecule has 3 fully saturated rings. The van der Waals surface area contributed by atoms with E-state index in [4.69, 9.17) is 4.74 Å². The second-order valence-corrected chi connectivity index (χ2v) is 10.4. The van der Waals surface area contributed by atoms with Crippen LogP contribution in [0.15, 0.2) is 52.1 Å². The van der Waals surface area contributed by atoms with E-state index in [1.807, 2.05) is 41.3 Å². The van der Waals surface area contributed by atoms with Crippen LogP contribution in [0.5, 0.6) is 5.75 Å². The number of carbonyl (C=O) groups excluding carboxylic acids is 1. The third kappa shape index (κ3) is 3.54. The second kappa shape index (κ2) is 8.16. The van der Waals surface area contributed by atoms with Gasteiger partial charge < -0.3 is 14.7 Å². The molecule has 1 aliphatic carbocycles. The molecule has 0 aromatic heterocycles. The van der Waals surface area contributed by atoms with Crippen molar-refractivity contribution in [2.45, 2.75) is 51.0 Å². The fourth-order valence-corrected chi connectivity index (χ4v) is 6.28. The lowest BCUT2D eigenvalue weighted by atomic mass is 9.83. The van der Waals surface area contributed by atoms with Crippen molar-refractivity contribution in [3.05, 3.63) is 74.0 Å². The number of hydrogen-bond acceptors (Lipinski definition) is 5. The maximum absolute atomic E-state index is 12.8. The highest BCUT2D eigenvalue weighted by atomic mass is 16.5. The number of benzene rings is 2. The quantitative estimate of drug-likeness (QED) is 0.584. The van der Waals surface area contributed by atoms with Crippen molar-refractivity contribution in [1.82, 2.24) is 4.90 Å². The number of ether oxygens (including phenoxy) is 1. The number of piperidine rings is 1. The molecule has 1 N–H and O–H groups in total. The van der Waals surface area contributed by atoms with Crippen LogP contribution in [0.1, 0.15) is 49.1 Å². The van der Waals surface area contributed by atoms with Gasteiger partial charge in [-0.05, 0) is 84.2 Å². The van der Waals surface area contributed by atoms with Crippen molar-refractivity contribution in [3.63, 3.8) is 0 Å². The van der Waals surface area contributed by atoms with Crippen molar-refractivity contribution >= 4 is 5.91 Å². The van der Waals surface area contributed by atoms with E-state index in [9.17, 15) is 19.5 Å². The lowest BCUT2D eigenvalue weighted by Crippen LogP contribution is -2.44. The van der Waals surface area contributed by atoms with Gasteiger partial charge in [-0.3, -0.25) is 14.4 Å². The summed E-state index contributed by atoms with van der Waals surface area (Å²) in [6.07, 6.45) is 4.28. The minimum atomic E-state index is -0.806. The highest BCUT2D eigenvalue weighted by molar-refractivity contribution is 5.83. The second-order valence-electron chi connectivity index (χ2n) is 10.4. The van der Waals surface area contributed by atoms with E-state index in [-0.39, 0.29) is 28.9 Å². The van der Waals surface area contributed by atoms with Crippen LogP contribution in [-0.2, 0) is 9.53 Å². The first kappa shape index (κ1) is 22.2. The normalized spacial score (nSPS) is 23.2. The molecule has 1 spiro atoms. The first-order chi connectivity index (χ1) is 16.9. The minimum Gasteiger partial charge on any atom is -0.503 e. The van der Waals surface area contributed by atoms with Crippen LogP contribution >= 0.6 is 0 Å². The first-order valence-electron chi connectivity index (χ1n) is 12.5. The SMILES string of the molecule is Cc1cc([C@H]2CC23CCN(C(=O)[C@H]2CCCO2)CC3)c(-c2c(O)c(=O)c2=O)cc1-c1ccccc1. The zero-order chi connectivity index (χ0) is 24.3. The van der Waals surface area contributed by atoms with E-state index in [0.29, 0.717) is 12.2 Å². The van der Waals surface area contributed by atoms with Gasteiger partial charge in [-0.2, -0.15) is 0 Å². The van der Waals surface area contributed by atoms with Crippen LogP contribution in [0, 0.1) is 12.3 Å². The zero-order valence-electron chi connectivity index (χ0n) is 19.9. The number of amides is 1.